The molecule has 0 aliphatic heterocycles. The number of allylic oxidation sites excluding steroid dienone is 14. The molecule has 0 aromatic heterocycles. The van der Waals surface area contributed by atoms with Crippen LogP contribution < -0.4 is 0 Å². The summed E-state index contributed by atoms with van der Waals surface area (Å²) in [5, 5.41) is 0. The minimum Gasteiger partial charge on any atom is -0.269 e. The lowest BCUT2D eigenvalue weighted by Gasteiger charge is -2.35. The van der Waals surface area contributed by atoms with Gasteiger partial charge < -0.3 is 0 Å². The highest BCUT2D eigenvalue weighted by molar-refractivity contribution is 5.56. The van der Waals surface area contributed by atoms with Gasteiger partial charge in [0.1, 0.15) is 5.83 Å². The first kappa shape index (κ1) is 35.3. The molecule has 0 rings (SSSR count). The van der Waals surface area contributed by atoms with Crippen LogP contribution in [0.2, 0.25) is 0 Å². The number of halogens is 1. The van der Waals surface area contributed by atoms with Crippen molar-refractivity contribution in [3.63, 3.8) is 0 Å². The Labute approximate surface area is 234 Å². The summed E-state index contributed by atoms with van der Waals surface area (Å²) < 4.78 is 15.2. The fraction of sp³-hybridized carbons (Fsp3) is 0.472. The first-order valence-electron chi connectivity index (χ1n) is 13.8. The fourth-order valence-electron chi connectivity index (χ4n) is 4.19. The van der Waals surface area contributed by atoms with E-state index in [0.29, 0.717) is 12.3 Å². The van der Waals surface area contributed by atoms with Crippen molar-refractivity contribution < 1.29 is 4.39 Å². The lowest BCUT2D eigenvalue weighted by atomic mass is 9.68. The molecule has 0 bridgehead atoms. The molecular weight excluding hydrogens is 465 g/mol. The molecular formula is C36H54FN. The molecule has 0 saturated heterocycles. The molecule has 210 valence electrons. The van der Waals surface area contributed by atoms with Crippen LogP contribution in [0.5, 0.6) is 0 Å². The van der Waals surface area contributed by atoms with Crippen LogP contribution in [-0.4, -0.2) is 6.21 Å². The molecule has 0 heterocycles. The van der Waals surface area contributed by atoms with Crippen molar-refractivity contribution in [1.82, 2.24) is 0 Å². The van der Waals surface area contributed by atoms with E-state index in [9.17, 15) is 0 Å². The van der Waals surface area contributed by atoms with Crippen molar-refractivity contribution in [2.45, 2.75) is 95.4 Å². The van der Waals surface area contributed by atoms with Gasteiger partial charge in [-0.05, 0) is 81.1 Å². The van der Waals surface area contributed by atoms with Crippen LogP contribution in [0.4, 0.5) is 4.39 Å². The summed E-state index contributed by atoms with van der Waals surface area (Å²) in [6.45, 7) is 35.4. The van der Waals surface area contributed by atoms with Crippen molar-refractivity contribution in [2.24, 2.45) is 21.7 Å². The van der Waals surface area contributed by atoms with Gasteiger partial charge in [0.15, 0.2) is 0 Å². The third-order valence-corrected chi connectivity index (χ3v) is 7.13. The quantitative estimate of drug-likeness (QED) is 0.160. The van der Waals surface area contributed by atoms with Gasteiger partial charge in [-0.25, -0.2) is 4.39 Å². The summed E-state index contributed by atoms with van der Waals surface area (Å²) in [5.41, 5.74) is 6.53. The van der Waals surface area contributed by atoms with E-state index in [-0.39, 0.29) is 17.7 Å². The average molecular weight is 520 g/mol. The van der Waals surface area contributed by atoms with E-state index < -0.39 is 5.41 Å². The average Bonchev–Trinajstić information content (AvgIpc) is 2.82. The third-order valence-electron chi connectivity index (χ3n) is 7.13. The summed E-state index contributed by atoms with van der Waals surface area (Å²) in [6.07, 6.45) is 17.7. The van der Waals surface area contributed by atoms with E-state index in [0.717, 1.165) is 39.9 Å². The minimum absolute atomic E-state index is 0.0713. The van der Waals surface area contributed by atoms with Gasteiger partial charge in [-0.15, -0.1) is 0 Å². The monoisotopic (exact) mass is 519 g/mol. The Kier molecular flexibility index (Phi) is 15.1. The van der Waals surface area contributed by atoms with Crippen LogP contribution in [0, 0.1) is 16.7 Å². The molecule has 0 amide bonds. The zero-order valence-corrected chi connectivity index (χ0v) is 26.3. The van der Waals surface area contributed by atoms with Crippen molar-refractivity contribution >= 4 is 6.21 Å². The van der Waals surface area contributed by atoms with Gasteiger partial charge in [0, 0.05) is 24.3 Å². The SMILES string of the molecule is C=C/C(=C\C=C(\C)C/C(F)=C(/CC(C)C)C(=C)C)C(C)(/C(C=C)=C/C=C(\C)C(C)(C)C)/C(=C/N=C\C)CC. The van der Waals surface area contributed by atoms with E-state index in [2.05, 4.69) is 98.3 Å². The van der Waals surface area contributed by atoms with Gasteiger partial charge in [-0.1, -0.05) is 114 Å². The van der Waals surface area contributed by atoms with E-state index in [1.54, 1.807) is 6.21 Å². The predicted molar refractivity (Wildman–Crippen MR) is 171 cm³/mol. The lowest BCUT2D eigenvalue weighted by molar-refractivity contribution is 0.504. The molecule has 0 saturated carbocycles. The fourth-order valence-corrected chi connectivity index (χ4v) is 4.19. The molecule has 38 heavy (non-hydrogen) atoms. The van der Waals surface area contributed by atoms with Gasteiger partial charge in [0.25, 0.3) is 0 Å². The van der Waals surface area contributed by atoms with Crippen LogP contribution >= 0.6 is 0 Å². The molecule has 0 N–H and O–H groups in total. The molecule has 0 aliphatic rings. The molecule has 0 aromatic carbocycles. The minimum atomic E-state index is -0.509. The smallest absolute Gasteiger partial charge is 0.107 e. The molecule has 0 fully saturated rings. The second kappa shape index (κ2) is 16.3. The van der Waals surface area contributed by atoms with Gasteiger partial charge in [0.05, 0.1) is 0 Å². The largest absolute Gasteiger partial charge is 0.269 e. The first-order valence-corrected chi connectivity index (χ1v) is 13.8. The number of rotatable bonds is 14. The molecule has 0 spiro atoms. The summed E-state index contributed by atoms with van der Waals surface area (Å²) in [4.78, 5) is 4.47. The third kappa shape index (κ3) is 10.6. The second-order valence-electron chi connectivity index (χ2n) is 11.7. The number of hydrogen-bond donors (Lipinski definition) is 0. The second-order valence-corrected chi connectivity index (χ2v) is 11.7. The number of hydrogen-bond acceptors (Lipinski definition) is 1. The van der Waals surface area contributed by atoms with Crippen molar-refractivity contribution in [3.05, 3.63) is 107 Å². The Morgan fingerprint density at radius 2 is 1.45 bits per heavy atom. The maximum atomic E-state index is 15.2. The highest BCUT2D eigenvalue weighted by atomic mass is 19.1. The highest BCUT2D eigenvalue weighted by Gasteiger charge is 2.33. The number of aliphatic imine (C=N–C) groups is 1. The Balaban J connectivity index is 6.99. The summed E-state index contributed by atoms with van der Waals surface area (Å²) in [7, 11) is 0. The molecule has 0 aromatic rings. The highest BCUT2D eigenvalue weighted by Crippen LogP contribution is 2.45. The predicted octanol–water partition coefficient (Wildman–Crippen LogP) is 11.8. The molecule has 1 atom stereocenters. The molecule has 1 unspecified atom stereocenters. The lowest BCUT2D eigenvalue weighted by Crippen LogP contribution is -2.24. The molecule has 1 nitrogen and oxygen atoms in total. The number of nitrogens with zero attached hydrogens (tertiary/aromatic N) is 1. The first-order chi connectivity index (χ1) is 17.6. The Hall–Kier alpha value is -2.74. The molecule has 2 heteroatoms. The van der Waals surface area contributed by atoms with Gasteiger partial charge in [0.2, 0.25) is 0 Å². The van der Waals surface area contributed by atoms with Gasteiger partial charge in [-0.2, -0.15) is 0 Å². The standard InChI is InChI=1S/C36H54FN/c1-15-30(21-19-28(9)24-34(37)33(27(7)8)23-26(5)6)36(14,32(17-3)25-38-18-4)31(16-2)22-20-29(10)35(11,12)13/h15-16,18-22,25-26H,1-2,7,17,23-24H2,3-6,8-14H3/b28-19-,29-20+,30-21+,31-22+,32-25+,34-33+,38-18-. The van der Waals surface area contributed by atoms with Crippen LogP contribution in [0.3, 0.4) is 0 Å². The summed E-state index contributed by atoms with van der Waals surface area (Å²) in [6, 6.07) is 0. The van der Waals surface area contributed by atoms with Crippen LogP contribution in [0.1, 0.15) is 95.4 Å². The maximum Gasteiger partial charge on any atom is 0.107 e. The molecule has 0 radical (unpaired) electrons. The van der Waals surface area contributed by atoms with E-state index >= 15 is 4.39 Å². The van der Waals surface area contributed by atoms with E-state index in [4.69, 9.17) is 0 Å². The van der Waals surface area contributed by atoms with Gasteiger partial charge in [-0.3, -0.25) is 4.99 Å². The van der Waals surface area contributed by atoms with Crippen molar-refractivity contribution in [1.29, 1.82) is 0 Å². The Morgan fingerprint density at radius 3 is 1.84 bits per heavy atom. The van der Waals surface area contributed by atoms with Gasteiger partial charge >= 0.3 is 0 Å². The van der Waals surface area contributed by atoms with E-state index in [1.165, 1.54) is 5.57 Å². The van der Waals surface area contributed by atoms with Crippen molar-refractivity contribution in [2.75, 3.05) is 0 Å². The summed E-state index contributed by atoms with van der Waals surface area (Å²) >= 11 is 0. The van der Waals surface area contributed by atoms with E-state index in [1.807, 2.05) is 45.2 Å². The van der Waals surface area contributed by atoms with Crippen molar-refractivity contribution in [3.8, 4) is 0 Å². The maximum absolute atomic E-state index is 15.2. The normalized spacial score (nSPS) is 17.0. The topological polar surface area (TPSA) is 12.4 Å². The zero-order valence-electron chi connectivity index (χ0n) is 26.3. The van der Waals surface area contributed by atoms with Crippen LogP contribution in [0.25, 0.3) is 0 Å². The summed E-state index contributed by atoms with van der Waals surface area (Å²) in [5.74, 6) is 0.270. The Bertz CT molecular complexity index is 1060. The van der Waals surface area contributed by atoms with Crippen LogP contribution in [0.15, 0.2) is 112 Å². The Morgan fingerprint density at radius 1 is 0.921 bits per heavy atom. The van der Waals surface area contributed by atoms with Crippen LogP contribution in [-0.2, 0) is 0 Å². The zero-order chi connectivity index (χ0) is 29.7. The molecule has 0 aliphatic carbocycles.